The van der Waals surface area contributed by atoms with Crippen LogP contribution in [0, 0.1) is 6.92 Å². The summed E-state index contributed by atoms with van der Waals surface area (Å²) in [5.74, 6) is 0.570. The lowest BCUT2D eigenvalue weighted by Gasteiger charge is -2.05. The number of aryl methyl sites for hydroxylation is 2. The summed E-state index contributed by atoms with van der Waals surface area (Å²) < 4.78 is 17.5. The van der Waals surface area contributed by atoms with Crippen LogP contribution in [0.15, 0.2) is 46.9 Å². The highest BCUT2D eigenvalue weighted by atomic mass is 16.5. The molecule has 8 heteroatoms. The van der Waals surface area contributed by atoms with E-state index in [-0.39, 0.29) is 18.3 Å². The van der Waals surface area contributed by atoms with E-state index in [1.54, 1.807) is 41.1 Å². The molecular weight excluding hydrogens is 362 g/mol. The normalized spacial score (nSPS) is 10.5. The summed E-state index contributed by atoms with van der Waals surface area (Å²) >= 11 is 0. The van der Waals surface area contributed by atoms with Gasteiger partial charge < -0.3 is 19.2 Å². The van der Waals surface area contributed by atoms with Crippen LogP contribution in [0.5, 0.6) is 5.75 Å². The molecule has 0 saturated carbocycles. The molecule has 1 N–H and O–H groups in total. The van der Waals surface area contributed by atoms with Crippen molar-refractivity contribution in [2.45, 2.75) is 20.1 Å². The Morgan fingerprint density at radius 3 is 2.57 bits per heavy atom. The SMILES string of the molecule is COC(=O)c1ccc(OCc2ccc(C(=O)NCc3cc(C)nn3C)o2)cc1. The third kappa shape index (κ3) is 4.59. The highest BCUT2D eigenvalue weighted by molar-refractivity contribution is 5.91. The Labute approximate surface area is 162 Å². The minimum Gasteiger partial charge on any atom is -0.486 e. The first kappa shape index (κ1) is 19.2. The lowest BCUT2D eigenvalue weighted by atomic mass is 10.2. The van der Waals surface area contributed by atoms with E-state index < -0.39 is 5.97 Å². The molecule has 2 aromatic heterocycles. The number of methoxy groups -OCH3 is 1. The number of carbonyl (C=O) groups is 2. The molecule has 0 aliphatic heterocycles. The van der Waals surface area contributed by atoms with E-state index in [0.717, 1.165) is 11.4 Å². The van der Waals surface area contributed by atoms with Crippen LogP contribution in [-0.2, 0) is 24.9 Å². The number of nitrogens with zero attached hydrogens (tertiary/aromatic N) is 2. The third-order valence-corrected chi connectivity index (χ3v) is 4.07. The van der Waals surface area contributed by atoms with Crippen molar-refractivity contribution in [1.82, 2.24) is 15.1 Å². The number of furan rings is 1. The van der Waals surface area contributed by atoms with Gasteiger partial charge in [0, 0.05) is 7.05 Å². The van der Waals surface area contributed by atoms with Crippen LogP contribution in [0.25, 0.3) is 0 Å². The van der Waals surface area contributed by atoms with Gasteiger partial charge in [-0.05, 0) is 49.4 Å². The van der Waals surface area contributed by atoms with Gasteiger partial charge in [-0.1, -0.05) is 0 Å². The predicted molar refractivity (Wildman–Crippen MR) is 99.9 cm³/mol. The smallest absolute Gasteiger partial charge is 0.337 e. The van der Waals surface area contributed by atoms with Gasteiger partial charge in [0.2, 0.25) is 0 Å². The monoisotopic (exact) mass is 383 g/mol. The van der Waals surface area contributed by atoms with Crippen LogP contribution in [0.4, 0.5) is 0 Å². The number of esters is 1. The standard InChI is InChI=1S/C20H21N3O5/c1-13-10-15(23(2)22-13)11-21-19(24)18-9-8-17(28-18)12-27-16-6-4-14(5-7-16)20(25)26-3/h4-10H,11-12H2,1-3H3,(H,21,24). The van der Waals surface area contributed by atoms with Crippen LogP contribution in [0.1, 0.15) is 38.1 Å². The summed E-state index contributed by atoms with van der Waals surface area (Å²) in [5, 5.41) is 7.04. The third-order valence-electron chi connectivity index (χ3n) is 4.07. The van der Waals surface area contributed by atoms with Crippen molar-refractivity contribution in [3.8, 4) is 5.75 Å². The lowest BCUT2D eigenvalue weighted by molar-refractivity contribution is 0.0600. The summed E-state index contributed by atoms with van der Waals surface area (Å²) in [6.07, 6.45) is 0. The largest absolute Gasteiger partial charge is 0.486 e. The fraction of sp³-hybridized carbons (Fsp3) is 0.250. The average Bonchev–Trinajstić information content (AvgIpc) is 3.30. The Bertz CT molecular complexity index is 972. The maximum atomic E-state index is 12.2. The number of nitrogens with one attached hydrogen (secondary N) is 1. The van der Waals surface area contributed by atoms with Gasteiger partial charge in [0.05, 0.1) is 30.6 Å². The van der Waals surface area contributed by atoms with Crippen molar-refractivity contribution in [2.24, 2.45) is 7.05 Å². The van der Waals surface area contributed by atoms with Gasteiger partial charge in [0.1, 0.15) is 18.1 Å². The fourth-order valence-corrected chi connectivity index (χ4v) is 2.62. The molecule has 3 aromatic rings. The summed E-state index contributed by atoms with van der Waals surface area (Å²) in [5.41, 5.74) is 2.23. The Hall–Kier alpha value is -3.55. The second-order valence-corrected chi connectivity index (χ2v) is 6.15. The van der Waals surface area contributed by atoms with Crippen LogP contribution in [0.3, 0.4) is 0 Å². The van der Waals surface area contributed by atoms with Crippen LogP contribution in [0.2, 0.25) is 0 Å². The molecule has 0 aliphatic rings. The number of rotatable bonds is 7. The first-order valence-electron chi connectivity index (χ1n) is 8.64. The van der Waals surface area contributed by atoms with E-state index >= 15 is 0 Å². The first-order chi connectivity index (χ1) is 13.5. The number of carbonyl (C=O) groups excluding carboxylic acids is 2. The summed E-state index contributed by atoms with van der Waals surface area (Å²) in [7, 11) is 3.16. The van der Waals surface area contributed by atoms with Crippen molar-refractivity contribution in [2.75, 3.05) is 7.11 Å². The maximum absolute atomic E-state index is 12.2. The zero-order chi connectivity index (χ0) is 20.1. The Morgan fingerprint density at radius 1 is 1.18 bits per heavy atom. The summed E-state index contributed by atoms with van der Waals surface area (Å²) in [4.78, 5) is 23.6. The molecule has 28 heavy (non-hydrogen) atoms. The zero-order valence-electron chi connectivity index (χ0n) is 15.9. The van der Waals surface area contributed by atoms with E-state index in [9.17, 15) is 9.59 Å². The van der Waals surface area contributed by atoms with E-state index in [4.69, 9.17) is 9.15 Å². The van der Waals surface area contributed by atoms with Gasteiger partial charge in [-0.15, -0.1) is 0 Å². The molecule has 0 atom stereocenters. The zero-order valence-corrected chi connectivity index (χ0v) is 15.9. The van der Waals surface area contributed by atoms with Gasteiger partial charge in [-0.25, -0.2) is 4.79 Å². The predicted octanol–water partition coefficient (Wildman–Crippen LogP) is 2.62. The summed E-state index contributed by atoms with van der Waals surface area (Å²) in [6, 6.07) is 11.8. The van der Waals surface area contributed by atoms with Crippen LogP contribution < -0.4 is 10.1 Å². The average molecular weight is 383 g/mol. The number of benzene rings is 1. The van der Waals surface area contributed by atoms with Gasteiger partial charge in [-0.2, -0.15) is 5.10 Å². The summed E-state index contributed by atoms with van der Waals surface area (Å²) in [6.45, 7) is 2.41. The van der Waals surface area contributed by atoms with Crippen molar-refractivity contribution < 1.29 is 23.5 Å². The highest BCUT2D eigenvalue weighted by Crippen LogP contribution is 2.16. The molecule has 0 spiro atoms. The fourth-order valence-electron chi connectivity index (χ4n) is 2.62. The Kier molecular flexibility index (Phi) is 5.78. The molecule has 3 rings (SSSR count). The molecular formula is C20H21N3O5. The van der Waals surface area contributed by atoms with Crippen LogP contribution >= 0.6 is 0 Å². The van der Waals surface area contributed by atoms with Gasteiger partial charge in [-0.3, -0.25) is 9.48 Å². The van der Waals surface area contributed by atoms with Crippen LogP contribution in [-0.4, -0.2) is 28.8 Å². The van der Waals surface area contributed by atoms with Gasteiger partial charge >= 0.3 is 5.97 Å². The van der Waals surface area contributed by atoms with Crippen molar-refractivity contribution >= 4 is 11.9 Å². The number of ether oxygens (including phenoxy) is 2. The first-order valence-corrected chi connectivity index (χ1v) is 8.64. The minimum absolute atomic E-state index is 0.159. The van der Waals surface area contributed by atoms with E-state index in [0.29, 0.717) is 23.6 Å². The van der Waals surface area contributed by atoms with E-state index in [1.165, 1.54) is 7.11 Å². The maximum Gasteiger partial charge on any atom is 0.337 e. The molecule has 2 heterocycles. The van der Waals surface area contributed by atoms with Gasteiger partial charge in [0.15, 0.2) is 5.76 Å². The molecule has 0 aliphatic carbocycles. The molecule has 1 amide bonds. The number of amides is 1. The second-order valence-electron chi connectivity index (χ2n) is 6.15. The topological polar surface area (TPSA) is 95.6 Å². The second kappa shape index (κ2) is 8.43. The Balaban J connectivity index is 1.52. The number of hydrogen-bond acceptors (Lipinski definition) is 6. The van der Waals surface area contributed by atoms with Crippen molar-refractivity contribution in [1.29, 1.82) is 0 Å². The van der Waals surface area contributed by atoms with Crippen molar-refractivity contribution in [3.05, 3.63) is 70.9 Å². The molecule has 146 valence electrons. The van der Waals surface area contributed by atoms with E-state index in [2.05, 4.69) is 15.2 Å². The minimum atomic E-state index is -0.408. The Morgan fingerprint density at radius 2 is 1.93 bits per heavy atom. The number of aromatic nitrogens is 2. The molecule has 0 unspecified atom stereocenters. The molecule has 8 nitrogen and oxygen atoms in total. The molecule has 0 bridgehead atoms. The molecule has 1 aromatic carbocycles. The quantitative estimate of drug-likeness (QED) is 0.630. The lowest BCUT2D eigenvalue weighted by Crippen LogP contribution is -2.23. The molecule has 0 saturated heterocycles. The highest BCUT2D eigenvalue weighted by Gasteiger charge is 2.13. The molecule has 0 fully saturated rings. The number of hydrogen-bond donors (Lipinski definition) is 1. The van der Waals surface area contributed by atoms with E-state index in [1.807, 2.05) is 20.0 Å². The van der Waals surface area contributed by atoms with Gasteiger partial charge in [0.25, 0.3) is 5.91 Å². The molecule has 0 radical (unpaired) electrons. The van der Waals surface area contributed by atoms with Crippen molar-refractivity contribution in [3.63, 3.8) is 0 Å².